The van der Waals surface area contributed by atoms with Gasteiger partial charge in [-0.05, 0) is 72.9 Å². The molecule has 21 heteroatoms. The molecule has 3 aliphatic heterocycles. The molecule has 2 aromatic carbocycles. The van der Waals surface area contributed by atoms with Gasteiger partial charge in [0.15, 0.2) is 5.78 Å². The largest absolute Gasteiger partial charge is 0.391 e. The van der Waals surface area contributed by atoms with E-state index in [9.17, 15) is 29.1 Å². The first kappa shape index (κ1) is 60.4. The molecule has 0 radical (unpaired) electrons. The molecule has 3 amide bonds. The van der Waals surface area contributed by atoms with Crippen LogP contribution in [0, 0.1) is 18.3 Å². The Balaban J connectivity index is 0.668. The van der Waals surface area contributed by atoms with Crippen molar-refractivity contribution in [3.05, 3.63) is 94.5 Å². The van der Waals surface area contributed by atoms with E-state index in [2.05, 4.69) is 35.1 Å². The molecule has 19 nitrogen and oxygen atoms in total. The minimum Gasteiger partial charge on any atom is -0.391 e. The highest BCUT2D eigenvalue weighted by atomic mass is 35.5. The third-order valence-electron chi connectivity index (χ3n) is 15.8. The number of anilines is 1. The lowest BCUT2D eigenvalue weighted by atomic mass is 9.76. The monoisotopic (exact) mass is 1140 g/mol. The van der Waals surface area contributed by atoms with Crippen LogP contribution in [-0.2, 0) is 44.6 Å². The van der Waals surface area contributed by atoms with E-state index >= 15 is 0 Å². The van der Waals surface area contributed by atoms with Crippen LogP contribution in [0.4, 0.5) is 5.82 Å². The van der Waals surface area contributed by atoms with E-state index in [1.807, 2.05) is 98.9 Å². The number of nitrogens with zero attached hydrogens (tertiary/aromatic N) is 7. The number of fused-ring (bicyclic) bond motifs is 1. The molecule has 5 aromatic rings. The summed E-state index contributed by atoms with van der Waals surface area (Å²) in [5, 5.41) is 15.5. The maximum Gasteiger partial charge on any atom is 0.240 e. The lowest BCUT2D eigenvalue weighted by molar-refractivity contribution is -0.146. The normalized spacial score (nSPS) is 18.6. The second-order valence-electron chi connectivity index (χ2n) is 22.5. The molecule has 6 heterocycles. The van der Waals surface area contributed by atoms with Crippen LogP contribution in [0.3, 0.4) is 0 Å². The van der Waals surface area contributed by atoms with Gasteiger partial charge in [0.2, 0.25) is 17.7 Å². The number of aromatic amines is 1. The number of Topliss-reactive ketones (excluding diaryl/α,β-unsaturated/α-hetero) is 2. The molecule has 80 heavy (non-hydrogen) atoms. The fourth-order valence-electron chi connectivity index (χ4n) is 10.8. The Kier molecular flexibility index (Phi) is 21.4. The SMILES string of the molecule is Cc1ncsc1-c1ccc(CCC(=O)[C@@H]2C[C@@H](O)CN2C(=O)[C@@H](CC(=O)CCOCCOCCOCCC(=O)N2CCN(CC[C@H](NC(=O)C3(N)CCN(c4ncnc5[nH]ccc45)CC3)c3ccc(Cl)cc3)CC2)C(C)(C)C)cc1. The van der Waals surface area contributed by atoms with Crippen LogP contribution in [0.5, 0.6) is 0 Å². The summed E-state index contributed by atoms with van der Waals surface area (Å²) in [6.07, 6.45) is 5.53. The Morgan fingerprint density at radius 3 is 2.20 bits per heavy atom. The topological polar surface area (TPSA) is 239 Å². The standard InChI is InChI=1S/C59H79ClN10O9S/c1-40-53(80-39-65-40)43-8-5-41(6-9-43)7-14-51(73)50-36-46(72)37-70(50)56(75)48(58(2,3)4)35-45(71)17-29-77-31-33-79-34-32-78-30-18-52(74)68-27-25-67(26-28-68)22-16-49(42-10-12-44(60)13-11-42)66-57(76)59(61)19-23-69(24-20-59)55-47-15-21-62-54(47)63-38-64-55/h5-6,8-13,15,21,38-39,46,48-50,72H,7,14,16-20,22-37,61H2,1-4H3,(H,66,76)(H,62,63,64)/t46-,48-,49+,50+/m1/s1. The number of halogens is 1. The number of aliphatic hydroxyl groups excluding tert-OH is 1. The Bertz CT molecular complexity index is 2840. The van der Waals surface area contributed by atoms with Gasteiger partial charge >= 0.3 is 0 Å². The Hall–Kier alpha value is -5.71. The molecular weight excluding hydrogens is 1060 g/mol. The van der Waals surface area contributed by atoms with E-state index in [1.165, 1.54) is 4.90 Å². The van der Waals surface area contributed by atoms with E-state index in [4.69, 9.17) is 31.5 Å². The summed E-state index contributed by atoms with van der Waals surface area (Å²) in [6.45, 7) is 14.0. The fourth-order valence-corrected chi connectivity index (χ4v) is 11.8. The lowest BCUT2D eigenvalue weighted by Crippen LogP contribution is -2.60. The Morgan fingerprint density at radius 1 is 0.863 bits per heavy atom. The van der Waals surface area contributed by atoms with Crippen LogP contribution in [0.2, 0.25) is 5.02 Å². The summed E-state index contributed by atoms with van der Waals surface area (Å²) >= 11 is 7.84. The summed E-state index contributed by atoms with van der Waals surface area (Å²) in [7, 11) is 0. The van der Waals surface area contributed by atoms with Gasteiger partial charge in [-0.2, -0.15) is 0 Å². The molecule has 3 saturated heterocycles. The van der Waals surface area contributed by atoms with E-state index in [0.29, 0.717) is 89.8 Å². The number of H-pyrrole nitrogens is 1. The number of carbonyl (C=O) groups excluding carboxylic acids is 5. The third-order valence-corrected chi connectivity index (χ3v) is 17.1. The van der Waals surface area contributed by atoms with Gasteiger partial charge in [-0.1, -0.05) is 68.8 Å². The number of aryl methyl sites for hydroxylation is 2. The first-order chi connectivity index (χ1) is 38.5. The average molecular weight is 1140 g/mol. The van der Waals surface area contributed by atoms with Gasteiger partial charge in [0.1, 0.15) is 23.6 Å². The average Bonchev–Trinajstić information content (AvgIpc) is 4.26. The molecule has 3 aromatic heterocycles. The van der Waals surface area contributed by atoms with E-state index in [-0.39, 0.29) is 93.8 Å². The van der Waals surface area contributed by atoms with E-state index < -0.39 is 29.0 Å². The highest BCUT2D eigenvalue weighted by molar-refractivity contribution is 7.13. The van der Waals surface area contributed by atoms with Crippen LogP contribution in [0.15, 0.2) is 72.6 Å². The van der Waals surface area contributed by atoms with E-state index in [1.54, 1.807) is 17.7 Å². The number of piperidine rings is 1. The third kappa shape index (κ3) is 16.3. The van der Waals surface area contributed by atoms with Crippen molar-refractivity contribution >= 4 is 69.1 Å². The number of thiazole rings is 1. The number of aliphatic hydroxyl groups is 1. The number of aromatic nitrogens is 4. The fraction of sp³-hybridized carbons (Fsp3) is 0.559. The molecule has 0 saturated carbocycles. The van der Waals surface area contributed by atoms with Crippen molar-refractivity contribution in [3.8, 4) is 10.4 Å². The summed E-state index contributed by atoms with van der Waals surface area (Å²) in [4.78, 5) is 93.2. The number of hydrogen-bond acceptors (Lipinski definition) is 16. The second-order valence-corrected chi connectivity index (χ2v) is 23.8. The van der Waals surface area contributed by atoms with Crippen molar-refractivity contribution in [2.45, 2.75) is 109 Å². The van der Waals surface area contributed by atoms with Gasteiger partial charge in [-0.25, -0.2) is 15.0 Å². The van der Waals surface area contributed by atoms with E-state index in [0.717, 1.165) is 50.7 Å². The number of amides is 3. The minimum absolute atomic E-state index is 0.00850. The highest BCUT2D eigenvalue weighted by Gasteiger charge is 2.44. The quantitative estimate of drug-likeness (QED) is 0.0419. The number of β-amino-alcohol motifs (C(OH)–C–C–N with tert-alkyl or cyclic N) is 1. The van der Waals surface area contributed by atoms with Crippen molar-refractivity contribution in [1.82, 2.24) is 40.0 Å². The number of ketones is 2. The smallest absolute Gasteiger partial charge is 0.240 e. The molecular formula is C59H79ClN10O9S. The van der Waals surface area contributed by atoms with Gasteiger partial charge in [-0.15, -0.1) is 11.3 Å². The lowest BCUT2D eigenvalue weighted by Gasteiger charge is -2.39. The molecule has 0 aliphatic carbocycles. The maximum absolute atomic E-state index is 14.1. The van der Waals surface area contributed by atoms with Crippen LogP contribution in [0.1, 0.15) is 95.0 Å². The van der Waals surface area contributed by atoms with Crippen molar-refractivity contribution in [2.24, 2.45) is 17.1 Å². The Labute approximate surface area is 478 Å². The van der Waals surface area contributed by atoms with Crippen LogP contribution in [0.25, 0.3) is 21.5 Å². The summed E-state index contributed by atoms with van der Waals surface area (Å²) in [5.41, 5.74) is 11.9. The molecule has 8 rings (SSSR count). The van der Waals surface area contributed by atoms with Crippen molar-refractivity contribution in [3.63, 3.8) is 0 Å². The molecule has 0 unspecified atom stereocenters. The van der Waals surface area contributed by atoms with Crippen LogP contribution in [-0.4, -0.2) is 179 Å². The first-order valence-electron chi connectivity index (χ1n) is 28.1. The number of benzene rings is 2. The molecule has 0 bridgehead atoms. The number of ether oxygens (including phenoxy) is 3. The zero-order valence-electron chi connectivity index (χ0n) is 46.7. The van der Waals surface area contributed by atoms with Gasteiger partial charge in [-0.3, -0.25) is 28.9 Å². The molecule has 3 aliphatic rings. The summed E-state index contributed by atoms with van der Waals surface area (Å²) in [6, 6.07) is 16.6. The summed E-state index contributed by atoms with van der Waals surface area (Å²) in [5.74, 6) is -0.465. The molecule has 0 spiro atoms. The summed E-state index contributed by atoms with van der Waals surface area (Å²) < 4.78 is 17.1. The molecule has 3 fully saturated rings. The predicted molar refractivity (Wildman–Crippen MR) is 308 cm³/mol. The number of hydrogen-bond donors (Lipinski definition) is 4. The second kappa shape index (κ2) is 28.3. The number of rotatable bonds is 27. The number of nitrogens with two attached hydrogens (primary N) is 1. The van der Waals surface area contributed by atoms with Gasteiger partial charge in [0.05, 0.1) is 91.3 Å². The van der Waals surface area contributed by atoms with Gasteiger partial charge in [0, 0.05) is 95.2 Å². The zero-order chi connectivity index (χ0) is 56.8. The van der Waals surface area contributed by atoms with Crippen LogP contribution >= 0.6 is 22.9 Å². The molecule has 5 N–H and O–H groups in total. The number of carbonyl (C=O) groups is 5. The number of piperazine rings is 1. The number of nitrogens with one attached hydrogen (secondary N) is 2. The zero-order valence-corrected chi connectivity index (χ0v) is 48.3. The minimum atomic E-state index is -1.03. The van der Waals surface area contributed by atoms with Crippen LogP contribution < -0.4 is 16.0 Å². The van der Waals surface area contributed by atoms with Gasteiger partial charge < -0.3 is 50.1 Å². The van der Waals surface area contributed by atoms with Crippen molar-refractivity contribution in [2.75, 3.05) is 96.9 Å². The van der Waals surface area contributed by atoms with Gasteiger partial charge in [0.25, 0.3) is 0 Å². The van der Waals surface area contributed by atoms with Crippen molar-refractivity contribution in [1.29, 1.82) is 0 Å². The first-order valence-corrected chi connectivity index (χ1v) is 29.4. The maximum atomic E-state index is 14.1. The molecule has 4 atom stereocenters. The number of likely N-dealkylation sites (tertiary alicyclic amines) is 1. The molecule has 432 valence electrons. The predicted octanol–water partition coefficient (Wildman–Crippen LogP) is 6.35. The highest BCUT2D eigenvalue weighted by Crippen LogP contribution is 2.35. The van der Waals surface area contributed by atoms with Crippen molar-refractivity contribution < 1.29 is 43.3 Å². The Morgan fingerprint density at radius 2 is 1.54 bits per heavy atom.